The van der Waals surface area contributed by atoms with Crippen molar-refractivity contribution in [2.45, 2.75) is 0 Å². The van der Waals surface area contributed by atoms with Crippen molar-refractivity contribution in [3.8, 4) is 5.75 Å². The van der Waals surface area contributed by atoms with E-state index in [1.54, 1.807) is 0 Å². The molecule has 0 aliphatic carbocycles. The summed E-state index contributed by atoms with van der Waals surface area (Å²) in [5, 5.41) is 9.45. The van der Waals surface area contributed by atoms with E-state index < -0.39 is 24.3 Å². The molecular weight excluding hydrogens is 305 g/mol. The van der Waals surface area contributed by atoms with Gasteiger partial charge in [-0.2, -0.15) is 0 Å². The predicted molar refractivity (Wildman–Crippen MR) is 65.7 cm³/mol. The van der Waals surface area contributed by atoms with E-state index >= 15 is 0 Å². The van der Waals surface area contributed by atoms with E-state index in [4.69, 9.17) is 25.4 Å². The van der Waals surface area contributed by atoms with Crippen LogP contribution in [0.5, 0.6) is 5.75 Å². The fraction of sp³-hybridized carbons (Fsp3) is 0. The molecule has 1 rings (SSSR count). The fourth-order valence-electron chi connectivity index (χ4n) is 1.12. The summed E-state index contributed by atoms with van der Waals surface area (Å²) in [6, 6.07) is 3.38. The van der Waals surface area contributed by atoms with Gasteiger partial charge in [0.25, 0.3) is 0 Å². The molecule has 1 aromatic rings. The number of aromatic hydroxyl groups is 1. The van der Waals surface area contributed by atoms with Gasteiger partial charge in [0.05, 0.1) is 0 Å². The summed E-state index contributed by atoms with van der Waals surface area (Å²) in [5.74, 6) is -1.10. The molecule has 1 aromatic carbocycles. The van der Waals surface area contributed by atoms with E-state index in [0.717, 1.165) is 12.1 Å². The molecule has 0 unspecified atom stereocenters. The Morgan fingerprint density at radius 3 is 2.28 bits per heavy atom. The van der Waals surface area contributed by atoms with Crippen molar-refractivity contribution in [2.24, 2.45) is 27.2 Å². The van der Waals surface area contributed by atoms with Crippen molar-refractivity contribution in [1.82, 2.24) is 0 Å². The van der Waals surface area contributed by atoms with Crippen molar-refractivity contribution in [3.05, 3.63) is 18.2 Å². The van der Waals surface area contributed by atoms with Crippen LogP contribution in [0.4, 0.5) is 5.69 Å². The topological polar surface area (TPSA) is 181 Å². The molecule has 0 saturated carbocycles. The van der Waals surface area contributed by atoms with E-state index in [1.165, 1.54) is 6.07 Å². The third-order valence-corrected chi connectivity index (χ3v) is 3.87. The summed E-state index contributed by atoms with van der Waals surface area (Å²) in [5.41, 5.74) is 15.7. The third-order valence-electron chi connectivity index (χ3n) is 1.76. The average Bonchev–Trinajstić information content (AvgIpc) is 2.13. The van der Waals surface area contributed by atoms with E-state index in [1.807, 2.05) is 0 Å². The van der Waals surface area contributed by atoms with Gasteiger partial charge in [-0.25, -0.2) is 0 Å². The number of phenols is 1. The van der Waals surface area contributed by atoms with E-state index in [9.17, 15) is 8.85 Å². The van der Waals surface area contributed by atoms with Gasteiger partial charge >= 0.3 is 104 Å². The van der Waals surface area contributed by atoms with Gasteiger partial charge in [0.15, 0.2) is 0 Å². The second kappa shape index (κ2) is 5.13. The molecule has 98 valence electrons. The molecule has 9 nitrogen and oxygen atoms in total. The van der Waals surface area contributed by atoms with E-state index in [-0.39, 0.29) is 17.6 Å². The van der Waals surface area contributed by atoms with Crippen LogP contribution in [0.25, 0.3) is 0 Å². The van der Waals surface area contributed by atoms with Crippen LogP contribution in [0, 0.1) is 0 Å². The zero-order valence-electron chi connectivity index (χ0n) is 9.06. The molecule has 0 aromatic heterocycles. The number of phenolic OH excluding ortho intramolecular Hbond substituents is 1. The molecule has 0 aliphatic heterocycles. The van der Waals surface area contributed by atoms with E-state index in [0.29, 0.717) is 0 Å². The number of hydrogen-bond acceptors (Lipinski definition) is 3. The Morgan fingerprint density at radius 1 is 1.22 bits per heavy atom. The van der Waals surface area contributed by atoms with Crippen LogP contribution in [0.2, 0.25) is 0 Å². The van der Waals surface area contributed by atoms with Crippen molar-refractivity contribution in [2.75, 3.05) is 0 Å². The molecule has 0 heterocycles. The summed E-state index contributed by atoms with van der Waals surface area (Å²) in [6.07, 6.45) is 0. The zero-order valence-corrected chi connectivity index (χ0v) is 10.9. The molecule has 10 heteroatoms. The summed E-state index contributed by atoms with van der Waals surface area (Å²) in [4.78, 5) is 7.17. The molecule has 9 N–H and O–H groups in total. The number of hydrogen-bond donors (Lipinski definition) is 6. The molecule has 18 heavy (non-hydrogen) atoms. The standard InChI is InChI=1S/C8H12AsN5O4/c10-7(11)14-8(12)13-4-1-2-5(6(15)3-4)9(16,17)18/h1-3,15H,(H2,16,17,18)(H6,10,11,12,13,14). The van der Waals surface area contributed by atoms with Crippen LogP contribution in [0.3, 0.4) is 0 Å². The van der Waals surface area contributed by atoms with Crippen LogP contribution in [-0.4, -0.2) is 39.4 Å². The van der Waals surface area contributed by atoms with Gasteiger partial charge in [-0.1, -0.05) is 0 Å². The molecule has 0 amide bonds. The van der Waals surface area contributed by atoms with Crippen molar-refractivity contribution < 1.29 is 17.0 Å². The van der Waals surface area contributed by atoms with Crippen LogP contribution in [0.15, 0.2) is 28.2 Å². The maximum absolute atomic E-state index is 11.0. The Balaban J connectivity index is 3.14. The number of benzene rings is 1. The monoisotopic (exact) mass is 317 g/mol. The van der Waals surface area contributed by atoms with Crippen LogP contribution >= 0.6 is 0 Å². The number of aliphatic imine (C=N–C) groups is 2. The van der Waals surface area contributed by atoms with Gasteiger partial charge in [0.2, 0.25) is 0 Å². The molecule has 0 bridgehead atoms. The first-order valence-corrected chi connectivity index (χ1v) is 7.91. The second-order valence-corrected chi connectivity index (χ2v) is 6.52. The van der Waals surface area contributed by atoms with Gasteiger partial charge in [0, 0.05) is 0 Å². The fourth-order valence-corrected chi connectivity index (χ4v) is 2.44. The number of nitrogens with zero attached hydrogens (tertiary/aromatic N) is 2. The molecule has 0 radical (unpaired) electrons. The van der Waals surface area contributed by atoms with Gasteiger partial charge < -0.3 is 0 Å². The van der Waals surface area contributed by atoms with Crippen LogP contribution in [0.1, 0.15) is 0 Å². The number of guanidine groups is 2. The summed E-state index contributed by atoms with van der Waals surface area (Å²) in [7, 11) is 0. The first-order chi connectivity index (χ1) is 8.20. The van der Waals surface area contributed by atoms with Gasteiger partial charge in [-0.3, -0.25) is 0 Å². The summed E-state index contributed by atoms with van der Waals surface area (Å²) in [6.45, 7) is 0. The Labute approximate surface area is 105 Å². The third kappa shape index (κ3) is 3.81. The van der Waals surface area contributed by atoms with Gasteiger partial charge in [0.1, 0.15) is 0 Å². The SMILES string of the molecule is NC(N)=NC(N)=Nc1ccc([As](=O)(O)O)c(O)c1. The molecule has 0 fully saturated rings. The van der Waals surface area contributed by atoms with E-state index in [2.05, 4.69) is 9.98 Å². The Hall–Kier alpha value is -1.96. The average molecular weight is 317 g/mol. The summed E-state index contributed by atoms with van der Waals surface area (Å²) >= 11 is -5.15. The second-order valence-electron chi connectivity index (χ2n) is 3.22. The van der Waals surface area contributed by atoms with Crippen LogP contribution in [-0.2, 0) is 3.74 Å². The normalized spacial score (nSPS) is 12.2. The Kier molecular flexibility index (Phi) is 4.02. The number of rotatable bonds is 2. The molecule has 0 atom stereocenters. The van der Waals surface area contributed by atoms with Gasteiger partial charge in [-0.15, -0.1) is 0 Å². The molecule has 0 saturated heterocycles. The number of nitrogens with two attached hydrogens (primary N) is 3. The maximum atomic E-state index is 11.0. The quantitative estimate of drug-likeness (QED) is 0.193. The molecule has 0 spiro atoms. The Morgan fingerprint density at radius 2 is 1.83 bits per heavy atom. The van der Waals surface area contributed by atoms with Crippen molar-refractivity contribution in [3.63, 3.8) is 0 Å². The van der Waals surface area contributed by atoms with Crippen molar-refractivity contribution in [1.29, 1.82) is 0 Å². The summed E-state index contributed by atoms with van der Waals surface area (Å²) < 4.78 is 28.5. The van der Waals surface area contributed by atoms with Crippen LogP contribution < -0.4 is 21.6 Å². The first kappa shape index (κ1) is 14.1. The first-order valence-electron chi connectivity index (χ1n) is 4.53. The Bertz CT molecular complexity index is 561. The van der Waals surface area contributed by atoms with Crippen molar-refractivity contribution >= 4 is 36.1 Å². The predicted octanol–water partition coefficient (Wildman–Crippen LogP) is -2.83. The minimum absolute atomic E-state index is 0.155. The molecule has 0 aliphatic rings. The minimum atomic E-state index is -5.15. The molecular formula is C8H12AsN5O4. The zero-order chi connectivity index (χ0) is 13.9. The van der Waals surface area contributed by atoms with Gasteiger partial charge in [-0.05, 0) is 0 Å².